The van der Waals surface area contributed by atoms with Crippen LogP contribution in [0.25, 0.3) is 0 Å². The van der Waals surface area contributed by atoms with Gasteiger partial charge >= 0.3 is 0 Å². The number of hydrogen-bond acceptors (Lipinski definition) is 5. The molecule has 3 aromatic rings. The number of benzene rings is 3. The number of anilines is 2. The third-order valence-corrected chi connectivity index (χ3v) is 5.93. The number of methoxy groups -OCH3 is 1. The topological polar surface area (TPSA) is 93.7 Å². The first-order chi connectivity index (χ1) is 14.8. The van der Waals surface area contributed by atoms with E-state index in [0.717, 1.165) is 5.56 Å². The number of ether oxygens (including phenoxy) is 2. The number of amides is 1. The van der Waals surface area contributed by atoms with Crippen molar-refractivity contribution in [2.75, 3.05) is 17.1 Å². The van der Waals surface area contributed by atoms with Crippen LogP contribution in [0.1, 0.15) is 12.5 Å². The lowest BCUT2D eigenvalue weighted by Crippen LogP contribution is -2.30. The summed E-state index contributed by atoms with van der Waals surface area (Å²) in [4.78, 5) is 12.5. The lowest BCUT2D eigenvalue weighted by molar-refractivity contribution is -0.122. The summed E-state index contributed by atoms with van der Waals surface area (Å²) in [5, 5.41) is 2.73. The highest BCUT2D eigenvalue weighted by Gasteiger charge is 2.18. The number of hydrogen-bond donors (Lipinski definition) is 2. The Morgan fingerprint density at radius 2 is 1.52 bits per heavy atom. The molecule has 0 saturated carbocycles. The summed E-state index contributed by atoms with van der Waals surface area (Å²) in [7, 11) is -2.35. The van der Waals surface area contributed by atoms with E-state index in [1.54, 1.807) is 37.3 Å². The molecule has 31 heavy (non-hydrogen) atoms. The molecule has 0 radical (unpaired) electrons. The third kappa shape index (κ3) is 5.55. The second kappa shape index (κ2) is 9.53. The van der Waals surface area contributed by atoms with Gasteiger partial charge in [-0.1, -0.05) is 30.3 Å². The zero-order chi connectivity index (χ0) is 22.4. The Balaban J connectivity index is 1.66. The molecule has 0 spiro atoms. The molecule has 1 atom stereocenters. The van der Waals surface area contributed by atoms with Crippen LogP contribution < -0.4 is 19.5 Å². The largest absolute Gasteiger partial charge is 0.495 e. The van der Waals surface area contributed by atoms with Crippen molar-refractivity contribution < 1.29 is 22.7 Å². The maximum Gasteiger partial charge on any atom is 0.265 e. The van der Waals surface area contributed by atoms with E-state index in [1.807, 2.05) is 25.1 Å². The lowest BCUT2D eigenvalue weighted by Gasteiger charge is -2.16. The van der Waals surface area contributed by atoms with E-state index in [1.165, 1.54) is 31.4 Å². The second-order valence-electron chi connectivity index (χ2n) is 6.84. The van der Waals surface area contributed by atoms with Crippen molar-refractivity contribution in [3.8, 4) is 11.5 Å². The van der Waals surface area contributed by atoms with Crippen molar-refractivity contribution in [3.05, 3.63) is 78.4 Å². The maximum absolute atomic E-state index is 12.7. The van der Waals surface area contributed by atoms with Crippen LogP contribution in [-0.4, -0.2) is 27.5 Å². The fourth-order valence-corrected chi connectivity index (χ4v) is 3.90. The first-order valence-corrected chi connectivity index (χ1v) is 11.1. The molecule has 2 N–H and O–H groups in total. The summed E-state index contributed by atoms with van der Waals surface area (Å²) in [6.07, 6.45) is -0.725. The molecule has 0 aromatic heterocycles. The van der Waals surface area contributed by atoms with Gasteiger partial charge in [0.25, 0.3) is 15.9 Å². The van der Waals surface area contributed by atoms with E-state index in [2.05, 4.69) is 10.0 Å². The van der Waals surface area contributed by atoms with Gasteiger partial charge in [-0.2, -0.15) is 0 Å². The highest BCUT2D eigenvalue weighted by atomic mass is 32.2. The van der Waals surface area contributed by atoms with Gasteiger partial charge in [0.1, 0.15) is 11.5 Å². The Kier molecular flexibility index (Phi) is 6.81. The molecule has 0 bridgehead atoms. The Labute approximate surface area is 182 Å². The van der Waals surface area contributed by atoms with Crippen molar-refractivity contribution in [2.45, 2.75) is 24.8 Å². The van der Waals surface area contributed by atoms with Crippen molar-refractivity contribution >= 4 is 27.3 Å². The molecule has 0 aliphatic heterocycles. The molecule has 1 amide bonds. The average Bonchev–Trinajstić information content (AvgIpc) is 2.76. The number of aryl methyl sites for hydroxylation is 1. The van der Waals surface area contributed by atoms with Crippen molar-refractivity contribution in [3.63, 3.8) is 0 Å². The fourth-order valence-electron chi connectivity index (χ4n) is 2.83. The molecule has 3 aromatic carbocycles. The minimum Gasteiger partial charge on any atom is -0.495 e. The van der Waals surface area contributed by atoms with E-state index < -0.39 is 16.1 Å². The van der Waals surface area contributed by atoms with Crippen LogP contribution in [0.3, 0.4) is 0 Å². The first kappa shape index (κ1) is 22.2. The van der Waals surface area contributed by atoms with Gasteiger partial charge in [0, 0.05) is 5.69 Å². The van der Waals surface area contributed by atoms with Gasteiger partial charge in [0.2, 0.25) is 0 Å². The normalized spacial score (nSPS) is 12.0. The summed E-state index contributed by atoms with van der Waals surface area (Å²) in [5.41, 5.74) is 1.73. The Bertz CT molecular complexity index is 1160. The summed E-state index contributed by atoms with van der Waals surface area (Å²) in [6, 6.07) is 20.0. The van der Waals surface area contributed by atoms with Crippen LogP contribution in [0, 0.1) is 6.92 Å². The van der Waals surface area contributed by atoms with Crippen LogP contribution in [0.5, 0.6) is 11.5 Å². The number of carbonyl (C=O) groups excluding carboxylic acids is 1. The summed E-state index contributed by atoms with van der Waals surface area (Å²) < 4.78 is 38.7. The van der Waals surface area contributed by atoms with Gasteiger partial charge in [-0.05, 0) is 61.9 Å². The van der Waals surface area contributed by atoms with Gasteiger partial charge in [0.15, 0.2) is 6.10 Å². The van der Waals surface area contributed by atoms with Crippen LogP contribution in [0.2, 0.25) is 0 Å². The van der Waals surface area contributed by atoms with Crippen LogP contribution in [0.4, 0.5) is 11.4 Å². The molecular formula is C23H24N2O5S. The minimum absolute atomic E-state index is 0.0561. The fraction of sp³-hybridized carbons (Fsp3) is 0.174. The van der Waals surface area contributed by atoms with Gasteiger partial charge in [-0.15, -0.1) is 0 Å². The molecular weight excluding hydrogens is 416 g/mol. The second-order valence-corrected chi connectivity index (χ2v) is 8.53. The standard InChI is InChI=1S/C23H24N2O5S/c1-16-8-4-6-10-21(16)30-17(2)23(26)24-18-12-14-19(15-13-18)31(27,28)25-20-9-5-7-11-22(20)29-3/h4-15,17,25H,1-3H3,(H,24,26)/t17-/m0/s1. The van der Waals surface area contributed by atoms with E-state index >= 15 is 0 Å². The summed E-state index contributed by atoms with van der Waals surface area (Å²) in [5.74, 6) is 0.706. The Hall–Kier alpha value is -3.52. The van der Waals surface area contributed by atoms with Crippen molar-refractivity contribution in [1.29, 1.82) is 0 Å². The highest BCUT2D eigenvalue weighted by Crippen LogP contribution is 2.26. The first-order valence-electron chi connectivity index (χ1n) is 9.59. The van der Waals surface area contributed by atoms with Crippen molar-refractivity contribution in [2.24, 2.45) is 0 Å². The zero-order valence-corrected chi connectivity index (χ0v) is 18.3. The summed E-state index contributed by atoms with van der Waals surface area (Å²) in [6.45, 7) is 3.55. The number of sulfonamides is 1. The average molecular weight is 441 g/mol. The predicted molar refractivity (Wildman–Crippen MR) is 120 cm³/mol. The van der Waals surface area contributed by atoms with Gasteiger partial charge in [-0.25, -0.2) is 8.42 Å². The van der Waals surface area contributed by atoms with E-state index in [-0.39, 0.29) is 10.8 Å². The maximum atomic E-state index is 12.7. The monoisotopic (exact) mass is 440 g/mol. The molecule has 0 aliphatic carbocycles. The van der Waals surface area contributed by atoms with Crippen molar-refractivity contribution in [1.82, 2.24) is 0 Å². The van der Waals surface area contributed by atoms with E-state index in [4.69, 9.17) is 9.47 Å². The third-order valence-electron chi connectivity index (χ3n) is 4.55. The lowest BCUT2D eigenvalue weighted by atomic mass is 10.2. The van der Waals surface area contributed by atoms with Gasteiger partial charge < -0.3 is 14.8 Å². The van der Waals surface area contributed by atoms with Crippen LogP contribution >= 0.6 is 0 Å². The number of rotatable bonds is 8. The minimum atomic E-state index is -3.82. The molecule has 162 valence electrons. The molecule has 0 aliphatic rings. The van der Waals surface area contributed by atoms with Gasteiger partial charge in [0.05, 0.1) is 17.7 Å². The molecule has 3 rings (SSSR count). The molecule has 0 fully saturated rings. The van der Waals surface area contributed by atoms with E-state index in [9.17, 15) is 13.2 Å². The smallest absolute Gasteiger partial charge is 0.265 e. The molecule has 8 heteroatoms. The summed E-state index contributed by atoms with van der Waals surface area (Å²) >= 11 is 0. The van der Waals surface area contributed by atoms with Gasteiger partial charge in [-0.3, -0.25) is 9.52 Å². The number of carbonyl (C=O) groups is 1. The Morgan fingerprint density at radius 3 is 2.16 bits per heavy atom. The SMILES string of the molecule is COc1ccccc1NS(=O)(=O)c1ccc(NC(=O)[C@H](C)Oc2ccccc2C)cc1. The van der Waals surface area contributed by atoms with Crippen LogP contribution in [-0.2, 0) is 14.8 Å². The predicted octanol–water partition coefficient (Wildman–Crippen LogP) is 4.21. The molecule has 7 nitrogen and oxygen atoms in total. The number of nitrogens with one attached hydrogen (secondary N) is 2. The molecule has 0 saturated heterocycles. The van der Waals surface area contributed by atoms with E-state index in [0.29, 0.717) is 22.9 Å². The Morgan fingerprint density at radius 1 is 0.903 bits per heavy atom. The number of para-hydroxylation sites is 3. The highest BCUT2D eigenvalue weighted by molar-refractivity contribution is 7.92. The quantitative estimate of drug-likeness (QED) is 0.547. The molecule has 0 unspecified atom stereocenters. The van der Waals surface area contributed by atoms with Crippen LogP contribution in [0.15, 0.2) is 77.7 Å². The molecule has 0 heterocycles. The zero-order valence-electron chi connectivity index (χ0n) is 17.5.